The van der Waals surface area contributed by atoms with Crippen LogP contribution >= 0.6 is 15.9 Å². The number of ether oxygens (including phenoxy) is 1. The number of carbonyl (C=O) groups is 1. The SMILES string of the molecule is COC(=O)c1ccc(Br)cc1-c1ccc2c3ccccc3n(-c3ccccc3)c2c1. The summed E-state index contributed by atoms with van der Waals surface area (Å²) in [6.07, 6.45) is 0. The number of benzene rings is 4. The highest BCUT2D eigenvalue weighted by Crippen LogP contribution is 2.36. The fourth-order valence-corrected chi connectivity index (χ4v) is 4.40. The Morgan fingerprint density at radius 2 is 1.53 bits per heavy atom. The van der Waals surface area contributed by atoms with E-state index in [0.717, 1.165) is 32.3 Å². The summed E-state index contributed by atoms with van der Waals surface area (Å²) in [4.78, 5) is 12.4. The van der Waals surface area contributed by atoms with Gasteiger partial charge in [0, 0.05) is 20.9 Å². The molecule has 5 rings (SSSR count). The molecule has 0 aliphatic carbocycles. The Bertz CT molecular complexity index is 1400. The number of halogens is 1. The Morgan fingerprint density at radius 1 is 0.800 bits per heavy atom. The summed E-state index contributed by atoms with van der Waals surface area (Å²) in [7, 11) is 1.41. The minimum atomic E-state index is -0.346. The first-order chi connectivity index (χ1) is 14.7. The topological polar surface area (TPSA) is 31.2 Å². The third-order valence-electron chi connectivity index (χ3n) is 5.39. The molecular weight excluding hydrogens is 438 g/mol. The van der Waals surface area contributed by atoms with Crippen molar-refractivity contribution >= 4 is 43.7 Å². The largest absolute Gasteiger partial charge is 0.465 e. The maximum atomic E-state index is 12.4. The van der Waals surface area contributed by atoms with Crippen molar-refractivity contribution in [1.29, 1.82) is 0 Å². The summed E-state index contributed by atoms with van der Waals surface area (Å²) < 4.78 is 8.19. The number of fused-ring (bicyclic) bond motifs is 3. The van der Waals surface area contributed by atoms with E-state index in [9.17, 15) is 4.79 Å². The van der Waals surface area contributed by atoms with Gasteiger partial charge in [-0.1, -0.05) is 64.5 Å². The van der Waals surface area contributed by atoms with Gasteiger partial charge in [0.05, 0.1) is 23.7 Å². The van der Waals surface area contributed by atoms with Gasteiger partial charge in [-0.3, -0.25) is 0 Å². The predicted octanol–water partition coefficient (Wildman–Crippen LogP) is 7.00. The van der Waals surface area contributed by atoms with E-state index >= 15 is 0 Å². The highest BCUT2D eigenvalue weighted by atomic mass is 79.9. The quantitative estimate of drug-likeness (QED) is 0.274. The molecule has 0 spiro atoms. The van der Waals surface area contributed by atoms with Crippen molar-refractivity contribution in [3.63, 3.8) is 0 Å². The van der Waals surface area contributed by atoms with Gasteiger partial charge in [-0.2, -0.15) is 0 Å². The van der Waals surface area contributed by atoms with Gasteiger partial charge in [-0.05, 0) is 53.6 Å². The Balaban J connectivity index is 1.84. The van der Waals surface area contributed by atoms with Crippen LogP contribution < -0.4 is 0 Å². The highest BCUT2D eigenvalue weighted by Gasteiger charge is 2.17. The molecule has 4 heteroatoms. The molecule has 0 amide bonds. The lowest BCUT2D eigenvalue weighted by Crippen LogP contribution is -2.03. The van der Waals surface area contributed by atoms with Gasteiger partial charge in [0.15, 0.2) is 0 Å². The molecule has 0 aliphatic heterocycles. The Labute approximate surface area is 182 Å². The number of hydrogen-bond acceptors (Lipinski definition) is 2. The van der Waals surface area contributed by atoms with Crippen LogP contribution in [0, 0.1) is 0 Å². The molecule has 0 saturated carbocycles. The number of methoxy groups -OCH3 is 1. The lowest BCUT2D eigenvalue weighted by molar-refractivity contribution is 0.0601. The average Bonchev–Trinajstić information content (AvgIpc) is 3.12. The standard InChI is InChI=1S/C26H18BrNO2/c1-30-26(29)22-14-12-18(27)16-23(22)17-11-13-21-20-9-5-6-10-24(20)28(25(21)15-17)19-7-3-2-4-8-19/h2-16H,1H3. The molecule has 0 aliphatic rings. The molecule has 0 atom stereocenters. The maximum absolute atomic E-state index is 12.4. The smallest absolute Gasteiger partial charge is 0.338 e. The van der Waals surface area contributed by atoms with Crippen LogP contribution in [0.4, 0.5) is 0 Å². The third-order valence-corrected chi connectivity index (χ3v) is 5.88. The molecule has 0 unspecified atom stereocenters. The lowest BCUT2D eigenvalue weighted by atomic mass is 9.98. The Kier molecular flexibility index (Phi) is 4.64. The zero-order chi connectivity index (χ0) is 20.7. The number of nitrogens with zero attached hydrogens (tertiary/aromatic N) is 1. The molecular formula is C26H18BrNO2. The second-order valence-corrected chi connectivity index (χ2v) is 8.02. The van der Waals surface area contributed by atoms with Gasteiger partial charge in [0.2, 0.25) is 0 Å². The zero-order valence-electron chi connectivity index (χ0n) is 16.3. The number of para-hydroxylation sites is 2. The van der Waals surface area contributed by atoms with E-state index in [1.54, 1.807) is 6.07 Å². The fourth-order valence-electron chi connectivity index (χ4n) is 4.04. The van der Waals surface area contributed by atoms with Crippen LogP contribution in [0.5, 0.6) is 0 Å². The van der Waals surface area contributed by atoms with Gasteiger partial charge in [0.25, 0.3) is 0 Å². The first-order valence-corrected chi connectivity index (χ1v) is 10.4. The third kappa shape index (κ3) is 3.01. The average molecular weight is 456 g/mol. The van der Waals surface area contributed by atoms with E-state index in [1.807, 2.05) is 30.3 Å². The number of esters is 1. The second-order valence-electron chi connectivity index (χ2n) is 7.10. The number of carbonyl (C=O) groups excluding carboxylic acids is 1. The lowest BCUT2D eigenvalue weighted by Gasteiger charge is -2.11. The van der Waals surface area contributed by atoms with Crippen LogP contribution in [0.15, 0.2) is 95.5 Å². The number of hydrogen-bond donors (Lipinski definition) is 0. The highest BCUT2D eigenvalue weighted by molar-refractivity contribution is 9.10. The van der Waals surface area contributed by atoms with Crippen molar-refractivity contribution in [3.8, 4) is 16.8 Å². The summed E-state index contributed by atoms with van der Waals surface area (Å²) in [5.41, 5.74) is 5.69. The van der Waals surface area contributed by atoms with Crippen molar-refractivity contribution in [3.05, 3.63) is 101 Å². The molecule has 146 valence electrons. The van der Waals surface area contributed by atoms with E-state index in [2.05, 4.69) is 75.1 Å². The molecule has 30 heavy (non-hydrogen) atoms. The van der Waals surface area contributed by atoms with Crippen LogP contribution in [0.1, 0.15) is 10.4 Å². The van der Waals surface area contributed by atoms with E-state index in [4.69, 9.17) is 4.74 Å². The monoisotopic (exact) mass is 455 g/mol. The minimum absolute atomic E-state index is 0.346. The van der Waals surface area contributed by atoms with E-state index in [-0.39, 0.29) is 5.97 Å². The van der Waals surface area contributed by atoms with Crippen molar-refractivity contribution in [2.24, 2.45) is 0 Å². The van der Waals surface area contributed by atoms with Crippen LogP contribution in [0.3, 0.4) is 0 Å². The van der Waals surface area contributed by atoms with Crippen LogP contribution in [0.25, 0.3) is 38.6 Å². The zero-order valence-corrected chi connectivity index (χ0v) is 17.9. The molecule has 0 radical (unpaired) electrons. The van der Waals surface area contributed by atoms with Gasteiger partial charge >= 0.3 is 5.97 Å². The summed E-state index contributed by atoms with van der Waals surface area (Å²) in [6, 6.07) is 30.7. The molecule has 5 aromatic rings. The summed E-state index contributed by atoms with van der Waals surface area (Å²) in [5, 5.41) is 2.37. The molecule has 1 heterocycles. The second kappa shape index (κ2) is 7.47. The van der Waals surface area contributed by atoms with Gasteiger partial charge in [-0.15, -0.1) is 0 Å². The summed E-state index contributed by atoms with van der Waals surface area (Å²) in [6.45, 7) is 0. The Morgan fingerprint density at radius 3 is 2.33 bits per heavy atom. The maximum Gasteiger partial charge on any atom is 0.338 e. The predicted molar refractivity (Wildman–Crippen MR) is 125 cm³/mol. The first kappa shape index (κ1) is 18.6. The number of aromatic nitrogens is 1. The fraction of sp³-hybridized carbons (Fsp3) is 0.0385. The van der Waals surface area contributed by atoms with Gasteiger partial charge in [0.1, 0.15) is 0 Å². The summed E-state index contributed by atoms with van der Waals surface area (Å²) in [5.74, 6) is -0.346. The Hall–Kier alpha value is -3.37. The van der Waals surface area contributed by atoms with Crippen LogP contribution in [0.2, 0.25) is 0 Å². The number of rotatable bonds is 3. The van der Waals surface area contributed by atoms with Crippen molar-refractivity contribution in [2.45, 2.75) is 0 Å². The molecule has 0 N–H and O–H groups in total. The van der Waals surface area contributed by atoms with E-state index in [1.165, 1.54) is 17.9 Å². The van der Waals surface area contributed by atoms with Gasteiger partial charge in [-0.25, -0.2) is 4.79 Å². The molecule has 4 aromatic carbocycles. The van der Waals surface area contributed by atoms with E-state index in [0.29, 0.717) is 5.56 Å². The summed E-state index contributed by atoms with van der Waals surface area (Å²) >= 11 is 3.54. The molecule has 0 saturated heterocycles. The van der Waals surface area contributed by atoms with E-state index < -0.39 is 0 Å². The normalized spacial score (nSPS) is 11.1. The molecule has 0 bridgehead atoms. The van der Waals surface area contributed by atoms with Crippen molar-refractivity contribution in [1.82, 2.24) is 4.57 Å². The van der Waals surface area contributed by atoms with Crippen molar-refractivity contribution < 1.29 is 9.53 Å². The van der Waals surface area contributed by atoms with Crippen molar-refractivity contribution in [2.75, 3.05) is 7.11 Å². The van der Waals surface area contributed by atoms with Crippen LogP contribution in [-0.4, -0.2) is 17.6 Å². The minimum Gasteiger partial charge on any atom is -0.465 e. The van der Waals surface area contributed by atoms with Gasteiger partial charge < -0.3 is 9.30 Å². The molecule has 0 fully saturated rings. The molecule has 3 nitrogen and oxygen atoms in total. The molecule has 1 aromatic heterocycles. The first-order valence-electron chi connectivity index (χ1n) is 9.64. The van der Waals surface area contributed by atoms with Crippen LogP contribution in [-0.2, 0) is 4.74 Å².